The SMILES string of the molecule is CCCCCCCCC/C=C\CCCCCCCCCC(=O)OCCCCCCCCCCC/C=C\C/C=C\CCCCCCCCCCCCCCCC(=O)NC(CO)C(O)/C=C/CCCCCCCCCCCCCCCCCCC. The summed E-state index contributed by atoms with van der Waals surface area (Å²) in [5, 5.41) is 23.2. The summed E-state index contributed by atoms with van der Waals surface area (Å²) in [7, 11) is 0. The first-order valence-electron chi connectivity index (χ1n) is 37.4. The summed E-state index contributed by atoms with van der Waals surface area (Å²) in [5.74, 6) is -0.0568. The second kappa shape index (κ2) is 72.3. The van der Waals surface area contributed by atoms with Crippen LogP contribution in [0.15, 0.2) is 48.6 Å². The number of amides is 1. The molecule has 0 aromatic rings. The van der Waals surface area contributed by atoms with Crippen LogP contribution in [-0.2, 0) is 14.3 Å². The van der Waals surface area contributed by atoms with Crippen LogP contribution in [0.2, 0.25) is 0 Å². The van der Waals surface area contributed by atoms with Gasteiger partial charge in [-0.3, -0.25) is 9.59 Å². The Hall–Kier alpha value is -2.18. The van der Waals surface area contributed by atoms with Gasteiger partial charge in [-0.15, -0.1) is 0 Å². The van der Waals surface area contributed by atoms with Gasteiger partial charge in [-0.25, -0.2) is 0 Å². The number of rotatable bonds is 70. The molecule has 0 saturated heterocycles. The molecule has 2 atom stereocenters. The average Bonchev–Trinajstić information content (AvgIpc) is 3.49. The minimum Gasteiger partial charge on any atom is -0.466 e. The number of esters is 1. The highest BCUT2D eigenvalue weighted by Crippen LogP contribution is 2.18. The Morgan fingerprint density at radius 1 is 0.337 bits per heavy atom. The zero-order valence-corrected chi connectivity index (χ0v) is 55.9. The van der Waals surface area contributed by atoms with Crippen molar-refractivity contribution in [2.24, 2.45) is 0 Å². The van der Waals surface area contributed by atoms with Crippen molar-refractivity contribution in [2.75, 3.05) is 13.2 Å². The van der Waals surface area contributed by atoms with Gasteiger partial charge >= 0.3 is 5.97 Å². The van der Waals surface area contributed by atoms with E-state index in [9.17, 15) is 19.8 Å². The number of aliphatic hydroxyl groups excluding tert-OH is 2. The fourth-order valence-corrected chi connectivity index (χ4v) is 11.6. The normalized spacial score (nSPS) is 12.8. The molecular formula is C77H145NO5. The van der Waals surface area contributed by atoms with Gasteiger partial charge in [-0.1, -0.05) is 351 Å². The molecule has 0 saturated carbocycles. The lowest BCUT2D eigenvalue weighted by Gasteiger charge is -2.20. The van der Waals surface area contributed by atoms with Crippen LogP contribution in [0.5, 0.6) is 0 Å². The van der Waals surface area contributed by atoms with Gasteiger partial charge in [0.15, 0.2) is 0 Å². The van der Waals surface area contributed by atoms with E-state index < -0.39 is 12.1 Å². The summed E-state index contributed by atoms with van der Waals surface area (Å²) < 4.78 is 5.50. The van der Waals surface area contributed by atoms with Gasteiger partial charge in [0.25, 0.3) is 0 Å². The third-order valence-electron chi connectivity index (χ3n) is 17.3. The van der Waals surface area contributed by atoms with Gasteiger partial charge in [-0.2, -0.15) is 0 Å². The molecule has 0 bridgehead atoms. The second-order valence-electron chi connectivity index (χ2n) is 25.6. The number of carbonyl (C=O) groups is 2. The minimum absolute atomic E-state index is 0.00916. The maximum absolute atomic E-state index is 12.5. The quantitative estimate of drug-likeness (QED) is 0.0320. The van der Waals surface area contributed by atoms with Gasteiger partial charge in [0.1, 0.15) is 0 Å². The van der Waals surface area contributed by atoms with Crippen LogP contribution >= 0.6 is 0 Å². The number of hydrogen-bond acceptors (Lipinski definition) is 5. The molecule has 0 rings (SSSR count). The summed E-state index contributed by atoms with van der Waals surface area (Å²) in [6.45, 7) is 4.93. The van der Waals surface area contributed by atoms with Gasteiger partial charge in [0.2, 0.25) is 5.91 Å². The van der Waals surface area contributed by atoms with Gasteiger partial charge in [0.05, 0.1) is 25.4 Å². The van der Waals surface area contributed by atoms with Crippen LogP contribution < -0.4 is 5.32 Å². The smallest absolute Gasteiger partial charge is 0.305 e. The van der Waals surface area contributed by atoms with Gasteiger partial charge in [0, 0.05) is 12.8 Å². The zero-order chi connectivity index (χ0) is 59.9. The predicted molar refractivity (Wildman–Crippen MR) is 366 cm³/mol. The molecule has 0 heterocycles. The number of hydrogen-bond donors (Lipinski definition) is 3. The summed E-state index contributed by atoms with van der Waals surface area (Å²) >= 11 is 0. The van der Waals surface area contributed by atoms with E-state index in [0.29, 0.717) is 19.4 Å². The fourth-order valence-electron chi connectivity index (χ4n) is 11.6. The maximum Gasteiger partial charge on any atom is 0.305 e. The van der Waals surface area contributed by atoms with E-state index in [1.54, 1.807) is 6.08 Å². The third-order valence-corrected chi connectivity index (χ3v) is 17.3. The van der Waals surface area contributed by atoms with E-state index in [1.807, 2.05) is 6.08 Å². The van der Waals surface area contributed by atoms with Crippen molar-refractivity contribution in [3.63, 3.8) is 0 Å². The zero-order valence-electron chi connectivity index (χ0n) is 55.9. The first-order chi connectivity index (χ1) is 41.0. The average molecular weight is 1170 g/mol. The molecule has 0 aliphatic carbocycles. The lowest BCUT2D eigenvalue weighted by molar-refractivity contribution is -0.143. The molecule has 6 heteroatoms. The van der Waals surface area contributed by atoms with Crippen LogP contribution in [-0.4, -0.2) is 47.4 Å². The van der Waals surface area contributed by atoms with Gasteiger partial charge < -0.3 is 20.3 Å². The molecule has 0 aromatic carbocycles. The van der Waals surface area contributed by atoms with E-state index in [4.69, 9.17) is 4.74 Å². The number of ether oxygens (including phenoxy) is 1. The number of nitrogens with one attached hydrogen (secondary N) is 1. The first-order valence-corrected chi connectivity index (χ1v) is 37.4. The van der Waals surface area contributed by atoms with Crippen molar-refractivity contribution in [1.82, 2.24) is 5.32 Å². The maximum atomic E-state index is 12.5. The fraction of sp³-hybridized carbons (Fsp3) is 0.870. The van der Waals surface area contributed by atoms with Gasteiger partial charge in [-0.05, 0) is 89.9 Å². The van der Waals surface area contributed by atoms with Crippen molar-refractivity contribution in [3.8, 4) is 0 Å². The number of carbonyl (C=O) groups excluding carboxylic acids is 2. The lowest BCUT2D eigenvalue weighted by Crippen LogP contribution is -2.45. The van der Waals surface area contributed by atoms with Crippen LogP contribution in [0.1, 0.15) is 406 Å². The molecule has 0 radical (unpaired) electrons. The van der Waals surface area contributed by atoms with Crippen molar-refractivity contribution in [2.45, 2.75) is 418 Å². The van der Waals surface area contributed by atoms with Crippen molar-refractivity contribution in [1.29, 1.82) is 0 Å². The molecule has 488 valence electrons. The molecular weight excluding hydrogens is 1020 g/mol. The van der Waals surface area contributed by atoms with Crippen molar-refractivity contribution in [3.05, 3.63) is 48.6 Å². The molecule has 0 spiro atoms. The van der Waals surface area contributed by atoms with Crippen molar-refractivity contribution >= 4 is 11.9 Å². The molecule has 0 aliphatic rings. The summed E-state index contributed by atoms with van der Waals surface area (Å²) in [5.41, 5.74) is 0. The Morgan fingerprint density at radius 3 is 0.928 bits per heavy atom. The van der Waals surface area contributed by atoms with Crippen LogP contribution in [0.4, 0.5) is 0 Å². The first kappa shape index (κ1) is 80.8. The number of allylic oxidation sites excluding steroid dienone is 7. The molecule has 0 aliphatic heterocycles. The van der Waals surface area contributed by atoms with Crippen molar-refractivity contribution < 1.29 is 24.5 Å². The highest BCUT2D eigenvalue weighted by molar-refractivity contribution is 5.76. The van der Waals surface area contributed by atoms with E-state index in [1.165, 1.54) is 327 Å². The highest BCUT2D eigenvalue weighted by atomic mass is 16.5. The predicted octanol–water partition coefficient (Wildman–Crippen LogP) is 24.4. The monoisotopic (exact) mass is 1160 g/mol. The Kier molecular flexibility index (Phi) is 70.4. The van der Waals surface area contributed by atoms with Crippen LogP contribution in [0, 0.1) is 0 Å². The number of unbranched alkanes of at least 4 members (excludes halogenated alkanes) is 53. The lowest BCUT2D eigenvalue weighted by atomic mass is 10.0. The van der Waals surface area contributed by atoms with Crippen LogP contribution in [0.25, 0.3) is 0 Å². The molecule has 83 heavy (non-hydrogen) atoms. The second-order valence-corrected chi connectivity index (χ2v) is 25.6. The van der Waals surface area contributed by atoms with E-state index in [0.717, 1.165) is 51.4 Å². The Morgan fingerprint density at radius 2 is 0.602 bits per heavy atom. The minimum atomic E-state index is -0.847. The Bertz CT molecular complexity index is 1390. The third kappa shape index (κ3) is 68.8. The molecule has 2 unspecified atom stereocenters. The standard InChI is InChI=1S/C77H145NO5/c1-3-5-7-9-11-13-15-17-19-21-34-37-41-45-49-53-57-61-65-69-75(80)74(73-79)78-76(81)70-66-62-58-54-50-46-42-38-35-32-30-28-26-24-23-25-27-29-31-33-36-40-44-48-52-56-60-64-68-72-83-77(82)71-67-63-59-55-51-47-43-39-22-20-18-16-14-12-10-8-6-4-2/h20,22-23,25,29,31,65,69,74-75,79-80H,3-19,21,24,26-28,30,32-64,66-68,70-73H2,1-2H3,(H,78,81)/b22-20-,25-23-,31-29-,69-65+. The van der Waals surface area contributed by atoms with E-state index >= 15 is 0 Å². The summed E-state index contributed by atoms with van der Waals surface area (Å²) in [4.78, 5) is 24.6. The summed E-state index contributed by atoms with van der Waals surface area (Å²) in [6.07, 6.45) is 94.9. The topological polar surface area (TPSA) is 95.9 Å². The number of aliphatic hydroxyl groups is 2. The largest absolute Gasteiger partial charge is 0.466 e. The Labute approximate surface area is 518 Å². The molecule has 6 nitrogen and oxygen atoms in total. The van der Waals surface area contributed by atoms with E-state index in [-0.39, 0.29) is 18.5 Å². The molecule has 0 fully saturated rings. The summed E-state index contributed by atoms with van der Waals surface area (Å²) in [6, 6.07) is -0.630. The molecule has 1 amide bonds. The highest BCUT2D eigenvalue weighted by Gasteiger charge is 2.18. The van der Waals surface area contributed by atoms with Crippen LogP contribution in [0.3, 0.4) is 0 Å². The van der Waals surface area contributed by atoms with E-state index in [2.05, 4.69) is 55.6 Å². The Balaban J connectivity index is 3.42. The molecule has 3 N–H and O–H groups in total. The molecule has 0 aromatic heterocycles.